The number of aryl methyl sites for hydroxylation is 1. The molecule has 5 heterocycles. The van der Waals surface area contributed by atoms with Crippen molar-refractivity contribution >= 4 is 18.0 Å². The van der Waals surface area contributed by atoms with Gasteiger partial charge in [-0.3, -0.25) is 0 Å². The number of esters is 2. The highest BCUT2D eigenvalue weighted by molar-refractivity contribution is 6.31. The third kappa shape index (κ3) is 2.18. The molecular formula is C16H18N2O5. The van der Waals surface area contributed by atoms with Gasteiger partial charge in [-0.2, -0.15) is 0 Å². The molecule has 0 unspecified atom stereocenters. The van der Waals surface area contributed by atoms with Crippen LogP contribution in [0.15, 0.2) is 16.2 Å². The highest BCUT2D eigenvalue weighted by atomic mass is 16.8. The molecule has 0 radical (unpaired) electrons. The summed E-state index contributed by atoms with van der Waals surface area (Å²) in [6.07, 6.45) is 5.53. The molecule has 23 heavy (non-hydrogen) atoms. The van der Waals surface area contributed by atoms with E-state index in [0.29, 0.717) is 5.76 Å². The zero-order valence-electron chi connectivity index (χ0n) is 12.9. The Bertz CT molecular complexity index is 668. The molecule has 4 saturated heterocycles. The molecule has 4 fully saturated rings. The zero-order chi connectivity index (χ0) is 16.0. The Labute approximate surface area is 133 Å². The van der Waals surface area contributed by atoms with E-state index in [4.69, 9.17) is 14.0 Å². The Hall–Kier alpha value is -2.15. The van der Waals surface area contributed by atoms with Gasteiger partial charge in [0.1, 0.15) is 0 Å². The largest absolute Gasteiger partial charge is 0.422 e. The molecule has 1 spiro atoms. The molecule has 122 valence electrons. The van der Waals surface area contributed by atoms with E-state index in [1.54, 1.807) is 0 Å². The van der Waals surface area contributed by atoms with Gasteiger partial charge in [0, 0.05) is 24.7 Å². The molecule has 5 rings (SSSR count). The standard InChI is InChI=1S/C16H18N2O5/c1-2-3-11-8-12(23-17-11)9-13-10-4-6-18(7-5-10)16(13)21-14(19)15(20)22-16/h8-10H,2-7H2,1H3/b13-9+. The van der Waals surface area contributed by atoms with Crippen LogP contribution in [0.3, 0.4) is 0 Å². The van der Waals surface area contributed by atoms with E-state index in [0.717, 1.165) is 50.0 Å². The molecule has 0 aromatic carbocycles. The summed E-state index contributed by atoms with van der Waals surface area (Å²) in [5.41, 5.74) is 1.66. The van der Waals surface area contributed by atoms with Gasteiger partial charge in [-0.15, -0.1) is 0 Å². The van der Waals surface area contributed by atoms with Crippen molar-refractivity contribution in [3.05, 3.63) is 23.1 Å². The topological polar surface area (TPSA) is 81.9 Å². The van der Waals surface area contributed by atoms with Crippen LogP contribution in [-0.2, 0) is 25.5 Å². The van der Waals surface area contributed by atoms with Crippen LogP contribution in [0.2, 0.25) is 0 Å². The Kier molecular flexibility index (Phi) is 3.26. The second-order valence-electron chi connectivity index (χ2n) is 6.19. The highest BCUT2D eigenvalue weighted by Gasteiger charge is 2.61. The van der Waals surface area contributed by atoms with Crippen molar-refractivity contribution < 1.29 is 23.6 Å². The minimum Gasteiger partial charge on any atom is -0.396 e. The van der Waals surface area contributed by atoms with Crippen molar-refractivity contribution in [1.29, 1.82) is 0 Å². The van der Waals surface area contributed by atoms with Crippen LogP contribution in [-0.4, -0.2) is 41.0 Å². The Balaban J connectivity index is 1.73. The van der Waals surface area contributed by atoms with Gasteiger partial charge >= 0.3 is 17.8 Å². The second-order valence-corrected chi connectivity index (χ2v) is 6.19. The molecule has 0 N–H and O–H groups in total. The van der Waals surface area contributed by atoms with Gasteiger partial charge in [0.05, 0.1) is 5.69 Å². The molecular weight excluding hydrogens is 300 g/mol. The lowest BCUT2D eigenvalue weighted by Gasteiger charge is -2.50. The number of hydrogen-bond acceptors (Lipinski definition) is 7. The average Bonchev–Trinajstić information content (AvgIpc) is 3.10. The summed E-state index contributed by atoms with van der Waals surface area (Å²) in [7, 11) is 0. The van der Waals surface area contributed by atoms with Crippen LogP contribution >= 0.6 is 0 Å². The van der Waals surface area contributed by atoms with Crippen molar-refractivity contribution in [1.82, 2.24) is 10.1 Å². The van der Waals surface area contributed by atoms with Crippen molar-refractivity contribution in [2.24, 2.45) is 5.92 Å². The fraction of sp³-hybridized carbons (Fsp3) is 0.562. The molecule has 0 amide bonds. The summed E-state index contributed by atoms with van der Waals surface area (Å²) in [6.45, 7) is 3.55. The second kappa shape index (κ2) is 5.19. The molecule has 7 heteroatoms. The van der Waals surface area contributed by atoms with Gasteiger partial charge in [0.15, 0.2) is 5.76 Å². The molecule has 0 saturated carbocycles. The Morgan fingerprint density at radius 2 is 2.00 bits per heavy atom. The highest BCUT2D eigenvalue weighted by Crippen LogP contribution is 2.48. The van der Waals surface area contributed by atoms with Gasteiger partial charge < -0.3 is 14.0 Å². The van der Waals surface area contributed by atoms with Gasteiger partial charge in [-0.1, -0.05) is 18.5 Å². The maximum absolute atomic E-state index is 11.6. The fourth-order valence-corrected chi connectivity index (χ4v) is 3.66. The number of carbonyl (C=O) groups is 2. The Morgan fingerprint density at radius 3 is 2.65 bits per heavy atom. The van der Waals surface area contributed by atoms with E-state index >= 15 is 0 Å². The normalized spacial score (nSPS) is 30.0. The molecule has 4 aliphatic heterocycles. The van der Waals surface area contributed by atoms with Gasteiger partial charge in [0.25, 0.3) is 0 Å². The molecule has 2 bridgehead atoms. The summed E-state index contributed by atoms with van der Waals surface area (Å²) in [5, 5.41) is 4.03. The SMILES string of the molecule is CCCc1cc(/C=C2\C3CCN(CC3)C23OC(=O)C(=O)O3)on1. The number of fused-ring (bicyclic) bond motifs is 2. The van der Waals surface area contributed by atoms with Crippen LogP contribution in [0.25, 0.3) is 6.08 Å². The molecule has 0 atom stereocenters. The number of carbonyl (C=O) groups excluding carboxylic acids is 2. The summed E-state index contributed by atoms with van der Waals surface area (Å²) >= 11 is 0. The van der Waals surface area contributed by atoms with Crippen molar-refractivity contribution in [2.45, 2.75) is 38.5 Å². The minimum atomic E-state index is -1.38. The first-order valence-electron chi connectivity index (χ1n) is 8.01. The summed E-state index contributed by atoms with van der Waals surface area (Å²) in [6, 6.07) is 1.88. The molecule has 4 aliphatic rings. The number of piperidine rings is 3. The van der Waals surface area contributed by atoms with Gasteiger partial charge in [-0.05, 0) is 31.3 Å². The summed E-state index contributed by atoms with van der Waals surface area (Å²) in [5.74, 6) is -2.46. The molecule has 1 aromatic heterocycles. The Morgan fingerprint density at radius 1 is 1.30 bits per heavy atom. The third-order valence-corrected chi connectivity index (χ3v) is 4.73. The first-order valence-corrected chi connectivity index (χ1v) is 8.01. The zero-order valence-corrected chi connectivity index (χ0v) is 12.9. The van der Waals surface area contributed by atoms with Gasteiger partial charge in [-0.25, -0.2) is 14.5 Å². The van der Waals surface area contributed by atoms with E-state index in [1.807, 2.05) is 17.0 Å². The summed E-state index contributed by atoms with van der Waals surface area (Å²) in [4.78, 5) is 25.2. The van der Waals surface area contributed by atoms with Crippen LogP contribution < -0.4 is 0 Å². The van der Waals surface area contributed by atoms with Crippen LogP contribution in [0.4, 0.5) is 0 Å². The monoisotopic (exact) mass is 318 g/mol. The van der Waals surface area contributed by atoms with Crippen molar-refractivity contribution in [3.63, 3.8) is 0 Å². The van der Waals surface area contributed by atoms with Crippen LogP contribution in [0, 0.1) is 5.92 Å². The number of nitrogens with zero attached hydrogens (tertiary/aromatic N) is 2. The maximum atomic E-state index is 11.6. The lowest BCUT2D eigenvalue weighted by Crippen LogP contribution is -2.61. The van der Waals surface area contributed by atoms with Gasteiger partial charge in [0.2, 0.25) is 0 Å². The smallest absolute Gasteiger partial charge is 0.396 e. The minimum absolute atomic E-state index is 0.207. The van der Waals surface area contributed by atoms with Crippen molar-refractivity contribution in [2.75, 3.05) is 13.1 Å². The molecule has 7 nitrogen and oxygen atoms in total. The third-order valence-electron chi connectivity index (χ3n) is 4.73. The van der Waals surface area contributed by atoms with Crippen LogP contribution in [0.1, 0.15) is 37.6 Å². The number of hydrogen-bond donors (Lipinski definition) is 0. The lowest BCUT2D eigenvalue weighted by molar-refractivity contribution is -0.251. The predicted octanol–water partition coefficient (Wildman–Crippen LogP) is 1.49. The first kappa shape index (κ1) is 14.4. The predicted molar refractivity (Wildman–Crippen MR) is 77.7 cm³/mol. The molecule has 1 aromatic rings. The van der Waals surface area contributed by atoms with E-state index in [1.165, 1.54) is 0 Å². The molecule has 0 aliphatic carbocycles. The number of rotatable bonds is 3. The first-order chi connectivity index (χ1) is 11.1. The van der Waals surface area contributed by atoms with Crippen LogP contribution in [0.5, 0.6) is 0 Å². The lowest BCUT2D eigenvalue weighted by atomic mass is 9.80. The number of aromatic nitrogens is 1. The van der Waals surface area contributed by atoms with E-state index < -0.39 is 17.8 Å². The quantitative estimate of drug-likeness (QED) is 0.617. The van der Waals surface area contributed by atoms with E-state index in [9.17, 15) is 9.59 Å². The van der Waals surface area contributed by atoms with E-state index in [-0.39, 0.29) is 5.92 Å². The average molecular weight is 318 g/mol. The maximum Gasteiger partial charge on any atom is 0.422 e. The summed E-state index contributed by atoms with van der Waals surface area (Å²) < 4.78 is 16.1. The number of ether oxygens (including phenoxy) is 2. The van der Waals surface area contributed by atoms with Crippen molar-refractivity contribution in [3.8, 4) is 0 Å². The fourth-order valence-electron chi connectivity index (χ4n) is 3.66. The van der Waals surface area contributed by atoms with E-state index in [2.05, 4.69) is 12.1 Å².